The van der Waals surface area contributed by atoms with Crippen LogP contribution >= 0.6 is 11.3 Å². The predicted molar refractivity (Wildman–Crippen MR) is 102 cm³/mol. The third-order valence-corrected chi connectivity index (χ3v) is 5.75. The van der Waals surface area contributed by atoms with E-state index in [0.29, 0.717) is 12.3 Å². The number of amides is 2. The summed E-state index contributed by atoms with van der Waals surface area (Å²) in [4.78, 5) is 29.0. The van der Waals surface area contributed by atoms with E-state index in [4.69, 9.17) is 4.52 Å². The van der Waals surface area contributed by atoms with Gasteiger partial charge in [-0.2, -0.15) is 0 Å². The lowest BCUT2D eigenvalue weighted by Gasteiger charge is -2.28. The van der Waals surface area contributed by atoms with Crippen LogP contribution in [0.25, 0.3) is 0 Å². The fourth-order valence-electron chi connectivity index (χ4n) is 3.34. The van der Waals surface area contributed by atoms with E-state index in [1.165, 1.54) is 0 Å². The lowest BCUT2D eigenvalue weighted by molar-refractivity contribution is -0.126. The zero-order chi connectivity index (χ0) is 19.2. The van der Waals surface area contributed by atoms with Gasteiger partial charge in [0.15, 0.2) is 0 Å². The Hall–Kier alpha value is -2.22. The van der Waals surface area contributed by atoms with E-state index in [0.717, 1.165) is 48.5 Å². The van der Waals surface area contributed by atoms with Crippen molar-refractivity contribution in [1.82, 2.24) is 20.8 Å². The van der Waals surface area contributed by atoms with Crippen LogP contribution in [0.2, 0.25) is 0 Å². The number of rotatable bonds is 7. The molecule has 1 aliphatic rings. The summed E-state index contributed by atoms with van der Waals surface area (Å²) in [5.41, 5.74) is 1.84. The van der Waals surface area contributed by atoms with Gasteiger partial charge in [0.1, 0.15) is 10.8 Å². The summed E-state index contributed by atoms with van der Waals surface area (Å²) in [5, 5.41) is 12.8. The quantitative estimate of drug-likeness (QED) is 0.757. The SMILES string of the molecule is CCc1csc(CNC(=O)C2CCC(NC(=O)Cc3cc(C)no3)CC2)n1. The van der Waals surface area contributed by atoms with Crippen LogP contribution in [0.15, 0.2) is 16.0 Å². The molecule has 2 N–H and O–H groups in total. The number of carbonyl (C=O) groups is 2. The van der Waals surface area contributed by atoms with Gasteiger partial charge in [0.05, 0.1) is 24.4 Å². The number of aryl methyl sites for hydroxylation is 2. The van der Waals surface area contributed by atoms with Gasteiger partial charge in [-0.1, -0.05) is 12.1 Å². The van der Waals surface area contributed by atoms with Crippen LogP contribution in [0.1, 0.15) is 54.8 Å². The van der Waals surface area contributed by atoms with Gasteiger partial charge in [-0.15, -0.1) is 11.3 Å². The van der Waals surface area contributed by atoms with Crippen molar-refractivity contribution in [2.24, 2.45) is 5.92 Å². The van der Waals surface area contributed by atoms with Crippen molar-refractivity contribution < 1.29 is 14.1 Å². The average Bonchev–Trinajstić information content (AvgIpc) is 3.29. The predicted octanol–water partition coefficient (Wildman–Crippen LogP) is 2.54. The molecule has 3 rings (SSSR count). The van der Waals surface area contributed by atoms with E-state index in [2.05, 4.69) is 27.7 Å². The van der Waals surface area contributed by atoms with Gasteiger partial charge in [-0.25, -0.2) is 4.98 Å². The summed E-state index contributed by atoms with van der Waals surface area (Å²) in [6.45, 7) is 4.40. The zero-order valence-electron chi connectivity index (χ0n) is 15.8. The molecule has 0 bridgehead atoms. The van der Waals surface area contributed by atoms with Crippen molar-refractivity contribution in [3.8, 4) is 0 Å². The first-order chi connectivity index (χ1) is 13.0. The van der Waals surface area contributed by atoms with Crippen LogP contribution in [-0.4, -0.2) is 28.0 Å². The average molecular weight is 391 g/mol. The van der Waals surface area contributed by atoms with Crippen LogP contribution in [0.5, 0.6) is 0 Å². The molecule has 0 radical (unpaired) electrons. The summed E-state index contributed by atoms with van der Waals surface area (Å²) in [6.07, 6.45) is 4.32. The van der Waals surface area contributed by atoms with Gasteiger partial charge in [0.2, 0.25) is 11.8 Å². The molecule has 2 aromatic heterocycles. The number of thiazole rings is 1. The molecule has 2 heterocycles. The van der Waals surface area contributed by atoms with Gasteiger partial charge < -0.3 is 15.2 Å². The molecule has 1 saturated carbocycles. The van der Waals surface area contributed by atoms with Gasteiger partial charge in [0.25, 0.3) is 0 Å². The highest BCUT2D eigenvalue weighted by Crippen LogP contribution is 2.25. The molecule has 2 amide bonds. The third-order valence-electron chi connectivity index (χ3n) is 4.85. The molecular formula is C19H26N4O3S. The number of aromatic nitrogens is 2. The summed E-state index contributed by atoms with van der Waals surface area (Å²) in [5.74, 6) is 0.617. The van der Waals surface area contributed by atoms with Crippen LogP contribution < -0.4 is 10.6 Å². The van der Waals surface area contributed by atoms with Crippen molar-refractivity contribution in [2.45, 2.75) is 65.0 Å². The Morgan fingerprint density at radius 3 is 2.70 bits per heavy atom. The Morgan fingerprint density at radius 1 is 1.30 bits per heavy atom. The molecule has 0 unspecified atom stereocenters. The van der Waals surface area contributed by atoms with E-state index in [1.54, 1.807) is 17.4 Å². The topological polar surface area (TPSA) is 97.1 Å². The van der Waals surface area contributed by atoms with Crippen LogP contribution in [0.3, 0.4) is 0 Å². The zero-order valence-corrected chi connectivity index (χ0v) is 16.6. The molecule has 0 aromatic carbocycles. The third kappa shape index (κ3) is 5.63. The molecule has 0 saturated heterocycles. The van der Waals surface area contributed by atoms with E-state index in [1.807, 2.05) is 12.3 Å². The Kier molecular flexibility index (Phi) is 6.60. The fourth-order valence-corrected chi connectivity index (χ4v) is 4.15. The van der Waals surface area contributed by atoms with Crippen molar-refractivity contribution in [1.29, 1.82) is 0 Å². The first-order valence-electron chi connectivity index (χ1n) is 9.46. The maximum atomic E-state index is 12.4. The van der Waals surface area contributed by atoms with E-state index < -0.39 is 0 Å². The minimum Gasteiger partial charge on any atom is -0.361 e. The summed E-state index contributed by atoms with van der Waals surface area (Å²) in [7, 11) is 0. The first-order valence-corrected chi connectivity index (χ1v) is 10.3. The molecule has 146 valence electrons. The minimum absolute atomic E-state index is 0.0145. The van der Waals surface area contributed by atoms with Gasteiger partial charge in [-0.05, 0) is 39.0 Å². The lowest BCUT2D eigenvalue weighted by Crippen LogP contribution is -2.41. The summed E-state index contributed by atoms with van der Waals surface area (Å²) in [6, 6.07) is 1.89. The van der Waals surface area contributed by atoms with Crippen molar-refractivity contribution >= 4 is 23.2 Å². The summed E-state index contributed by atoms with van der Waals surface area (Å²) < 4.78 is 5.08. The molecule has 1 aliphatic carbocycles. The minimum atomic E-state index is -0.0606. The number of hydrogen-bond donors (Lipinski definition) is 2. The number of nitrogens with zero attached hydrogens (tertiary/aromatic N) is 2. The highest BCUT2D eigenvalue weighted by atomic mass is 32.1. The largest absolute Gasteiger partial charge is 0.361 e. The van der Waals surface area contributed by atoms with E-state index >= 15 is 0 Å². The van der Waals surface area contributed by atoms with Crippen LogP contribution in [0.4, 0.5) is 0 Å². The van der Waals surface area contributed by atoms with Crippen LogP contribution in [0, 0.1) is 12.8 Å². The molecule has 0 aliphatic heterocycles. The monoisotopic (exact) mass is 390 g/mol. The summed E-state index contributed by atoms with van der Waals surface area (Å²) >= 11 is 1.59. The molecule has 1 fully saturated rings. The molecule has 0 atom stereocenters. The molecule has 0 spiro atoms. The standard InChI is InChI=1S/C19H26N4O3S/c1-3-14-11-27-18(22-14)10-20-19(25)13-4-6-15(7-5-13)21-17(24)9-16-8-12(2)23-26-16/h8,11,13,15H,3-7,9-10H2,1-2H3,(H,20,25)(H,21,24). The molecule has 27 heavy (non-hydrogen) atoms. The van der Waals surface area contributed by atoms with Gasteiger partial charge in [-0.3, -0.25) is 9.59 Å². The van der Waals surface area contributed by atoms with E-state index in [-0.39, 0.29) is 30.2 Å². The number of carbonyl (C=O) groups excluding carboxylic acids is 2. The fraction of sp³-hybridized carbons (Fsp3) is 0.579. The van der Waals surface area contributed by atoms with Crippen LogP contribution in [-0.2, 0) is 29.0 Å². The second-order valence-electron chi connectivity index (χ2n) is 7.03. The lowest BCUT2D eigenvalue weighted by atomic mass is 9.85. The van der Waals surface area contributed by atoms with Crippen molar-refractivity contribution in [3.05, 3.63) is 33.6 Å². The number of nitrogens with one attached hydrogen (secondary N) is 2. The second kappa shape index (κ2) is 9.12. The van der Waals surface area contributed by atoms with Gasteiger partial charge >= 0.3 is 0 Å². The van der Waals surface area contributed by atoms with Gasteiger partial charge in [0, 0.05) is 23.4 Å². The molecule has 2 aromatic rings. The van der Waals surface area contributed by atoms with Crippen molar-refractivity contribution in [3.63, 3.8) is 0 Å². The van der Waals surface area contributed by atoms with E-state index in [9.17, 15) is 9.59 Å². The van der Waals surface area contributed by atoms with Crippen molar-refractivity contribution in [2.75, 3.05) is 0 Å². The maximum absolute atomic E-state index is 12.4. The maximum Gasteiger partial charge on any atom is 0.227 e. The highest BCUT2D eigenvalue weighted by molar-refractivity contribution is 7.09. The second-order valence-corrected chi connectivity index (χ2v) is 7.97. The molecule has 7 nitrogen and oxygen atoms in total. The molecule has 8 heteroatoms. The Labute approximate surface area is 162 Å². The Balaban J connectivity index is 1.37. The first kappa shape index (κ1) is 19.5. The Bertz CT molecular complexity index is 778. The normalized spacial score (nSPS) is 19.6. The number of hydrogen-bond acceptors (Lipinski definition) is 6. The highest BCUT2D eigenvalue weighted by Gasteiger charge is 2.27. The molecular weight excluding hydrogens is 364 g/mol. The smallest absolute Gasteiger partial charge is 0.227 e. The Morgan fingerprint density at radius 2 is 2.07 bits per heavy atom.